The quantitative estimate of drug-likeness (QED) is 0.760. The third-order valence-electron chi connectivity index (χ3n) is 2.93. The van der Waals surface area contributed by atoms with E-state index in [9.17, 15) is 0 Å². The lowest BCUT2D eigenvalue weighted by Gasteiger charge is -2.03. The Bertz CT molecular complexity index is 463. The van der Waals surface area contributed by atoms with Crippen molar-refractivity contribution in [1.82, 2.24) is 25.3 Å². The number of rotatable bonds is 5. The van der Waals surface area contributed by atoms with Gasteiger partial charge in [0.15, 0.2) is 0 Å². The molecule has 0 spiro atoms. The molecule has 2 heterocycles. The molecule has 0 aliphatic carbocycles. The zero-order chi connectivity index (χ0) is 12.3. The molecule has 0 bridgehead atoms. The molecule has 0 aromatic carbocycles. The molecule has 0 saturated carbocycles. The first kappa shape index (κ1) is 11.9. The fraction of sp³-hybridized carbons (Fsp3) is 0.500. The van der Waals surface area contributed by atoms with Gasteiger partial charge < -0.3 is 5.32 Å². The van der Waals surface area contributed by atoms with Crippen molar-refractivity contribution in [1.29, 1.82) is 0 Å². The molecule has 2 rings (SSSR count). The van der Waals surface area contributed by atoms with E-state index in [4.69, 9.17) is 0 Å². The highest BCUT2D eigenvalue weighted by Gasteiger charge is 2.05. The summed E-state index contributed by atoms with van der Waals surface area (Å²) in [6.07, 6.45) is 4.97. The van der Waals surface area contributed by atoms with E-state index in [0.29, 0.717) is 0 Å². The number of aryl methyl sites for hydroxylation is 3. The minimum Gasteiger partial charge on any atom is -0.312 e. The first-order valence-electron chi connectivity index (χ1n) is 5.85. The SMILES string of the molecule is Cc1n[nH]c(C)c1CNCCc1cnn(C)c1. The van der Waals surface area contributed by atoms with Crippen LogP contribution < -0.4 is 5.32 Å². The summed E-state index contributed by atoms with van der Waals surface area (Å²) in [5.41, 5.74) is 4.77. The largest absolute Gasteiger partial charge is 0.312 e. The van der Waals surface area contributed by atoms with Crippen molar-refractivity contribution in [2.75, 3.05) is 6.54 Å². The highest BCUT2D eigenvalue weighted by molar-refractivity contribution is 5.22. The van der Waals surface area contributed by atoms with Crippen molar-refractivity contribution in [3.8, 4) is 0 Å². The minimum absolute atomic E-state index is 0.869. The average molecular weight is 233 g/mol. The molecule has 0 aliphatic heterocycles. The molecule has 2 N–H and O–H groups in total. The molecule has 0 amide bonds. The summed E-state index contributed by atoms with van der Waals surface area (Å²) in [6, 6.07) is 0. The molecular weight excluding hydrogens is 214 g/mol. The number of aromatic nitrogens is 4. The molecule has 0 saturated heterocycles. The van der Waals surface area contributed by atoms with E-state index in [-0.39, 0.29) is 0 Å². The normalized spacial score (nSPS) is 11.0. The van der Waals surface area contributed by atoms with E-state index in [0.717, 1.165) is 30.9 Å². The Morgan fingerprint density at radius 2 is 2.24 bits per heavy atom. The van der Waals surface area contributed by atoms with Gasteiger partial charge in [-0.05, 0) is 32.4 Å². The Morgan fingerprint density at radius 3 is 2.82 bits per heavy atom. The maximum absolute atomic E-state index is 4.18. The van der Waals surface area contributed by atoms with Gasteiger partial charge in [0.1, 0.15) is 0 Å². The standard InChI is InChI=1S/C12H19N5/c1-9-12(10(2)16-15-9)7-13-5-4-11-6-14-17(3)8-11/h6,8,13H,4-5,7H2,1-3H3,(H,15,16). The fourth-order valence-corrected chi connectivity index (χ4v) is 1.88. The van der Waals surface area contributed by atoms with E-state index in [1.165, 1.54) is 11.1 Å². The van der Waals surface area contributed by atoms with Crippen LogP contribution in [-0.4, -0.2) is 26.5 Å². The summed E-state index contributed by atoms with van der Waals surface area (Å²) in [6.45, 7) is 5.91. The third-order valence-corrected chi connectivity index (χ3v) is 2.93. The second-order valence-corrected chi connectivity index (χ2v) is 4.36. The average Bonchev–Trinajstić information content (AvgIpc) is 2.83. The van der Waals surface area contributed by atoms with Gasteiger partial charge in [0, 0.05) is 31.0 Å². The maximum atomic E-state index is 4.18. The van der Waals surface area contributed by atoms with Gasteiger partial charge in [-0.25, -0.2) is 0 Å². The van der Waals surface area contributed by atoms with Crippen molar-refractivity contribution in [2.45, 2.75) is 26.8 Å². The fourth-order valence-electron chi connectivity index (χ4n) is 1.88. The molecule has 92 valence electrons. The molecule has 0 aliphatic rings. The van der Waals surface area contributed by atoms with Crippen LogP contribution in [0.5, 0.6) is 0 Å². The van der Waals surface area contributed by atoms with Crippen LogP contribution in [-0.2, 0) is 20.0 Å². The van der Waals surface area contributed by atoms with Crippen molar-refractivity contribution < 1.29 is 0 Å². The van der Waals surface area contributed by atoms with Crippen LogP contribution in [0.2, 0.25) is 0 Å². The predicted molar refractivity (Wildman–Crippen MR) is 66.7 cm³/mol. The molecule has 2 aromatic heterocycles. The lowest BCUT2D eigenvalue weighted by Crippen LogP contribution is -2.17. The van der Waals surface area contributed by atoms with Gasteiger partial charge in [0.05, 0.1) is 11.9 Å². The first-order valence-corrected chi connectivity index (χ1v) is 5.85. The lowest BCUT2D eigenvalue weighted by molar-refractivity contribution is 0.682. The second-order valence-electron chi connectivity index (χ2n) is 4.36. The molecule has 0 atom stereocenters. The van der Waals surface area contributed by atoms with Crippen molar-refractivity contribution in [3.05, 3.63) is 34.9 Å². The van der Waals surface area contributed by atoms with Gasteiger partial charge in [-0.15, -0.1) is 0 Å². The highest BCUT2D eigenvalue weighted by Crippen LogP contribution is 2.08. The van der Waals surface area contributed by atoms with Crippen LogP contribution in [0.25, 0.3) is 0 Å². The van der Waals surface area contributed by atoms with Crippen LogP contribution >= 0.6 is 0 Å². The Balaban J connectivity index is 1.77. The Hall–Kier alpha value is -1.62. The molecule has 5 nitrogen and oxygen atoms in total. The van der Waals surface area contributed by atoms with Crippen LogP contribution in [0, 0.1) is 13.8 Å². The van der Waals surface area contributed by atoms with Gasteiger partial charge >= 0.3 is 0 Å². The number of hydrogen-bond donors (Lipinski definition) is 2. The zero-order valence-electron chi connectivity index (χ0n) is 10.6. The Labute approximate surface area is 101 Å². The second kappa shape index (κ2) is 5.14. The number of aromatic amines is 1. The highest BCUT2D eigenvalue weighted by atomic mass is 15.2. The van der Waals surface area contributed by atoms with Crippen molar-refractivity contribution in [3.63, 3.8) is 0 Å². The van der Waals surface area contributed by atoms with E-state index in [1.807, 2.05) is 24.9 Å². The summed E-state index contributed by atoms with van der Waals surface area (Å²) in [4.78, 5) is 0. The molecule has 5 heteroatoms. The smallest absolute Gasteiger partial charge is 0.0638 e. The van der Waals surface area contributed by atoms with Gasteiger partial charge in [0.2, 0.25) is 0 Å². The van der Waals surface area contributed by atoms with Gasteiger partial charge in [-0.3, -0.25) is 9.78 Å². The van der Waals surface area contributed by atoms with Crippen LogP contribution in [0.15, 0.2) is 12.4 Å². The monoisotopic (exact) mass is 233 g/mol. The molecule has 0 fully saturated rings. The van der Waals surface area contributed by atoms with Crippen molar-refractivity contribution >= 4 is 0 Å². The van der Waals surface area contributed by atoms with E-state index >= 15 is 0 Å². The van der Waals surface area contributed by atoms with E-state index < -0.39 is 0 Å². The predicted octanol–water partition coefficient (Wildman–Crippen LogP) is 1.09. The van der Waals surface area contributed by atoms with Gasteiger partial charge in [0.25, 0.3) is 0 Å². The van der Waals surface area contributed by atoms with Crippen LogP contribution in [0.1, 0.15) is 22.5 Å². The molecule has 0 unspecified atom stereocenters. The Kier molecular flexibility index (Phi) is 3.58. The third kappa shape index (κ3) is 2.94. The zero-order valence-corrected chi connectivity index (χ0v) is 10.6. The lowest BCUT2D eigenvalue weighted by atomic mass is 10.2. The summed E-state index contributed by atoms with van der Waals surface area (Å²) < 4.78 is 1.83. The number of nitrogens with one attached hydrogen (secondary N) is 2. The van der Waals surface area contributed by atoms with Gasteiger partial charge in [-0.2, -0.15) is 10.2 Å². The van der Waals surface area contributed by atoms with Crippen LogP contribution in [0.4, 0.5) is 0 Å². The maximum Gasteiger partial charge on any atom is 0.0638 e. The molecule has 17 heavy (non-hydrogen) atoms. The number of H-pyrrole nitrogens is 1. The van der Waals surface area contributed by atoms with E-state index in [2.05, 4.69) is 33.7 Å². The number of nitrogens with zero attached hydrogens (tertiary/aromatic N) is 3. The summed E-state index contributed by atoms with van der Waals surface area (Å²) in [5, 5.41) is 14.8. The van der Waals surface area contributed by atoms with Gasteiger partial charge in [-0.1, -0.05) is 0 Å². The van der Waals surface area contributed by atoms with Crippen LogP contribution in [0.3, 0.4) is 0 Å². The Morgan fingerprint density at radius 1 is 1.41 bits per heavy atom. The van der Waals surface area contributed by atoms with Crippen molar-refractivity contribution in [2.24, 2.45) is 7.05 Å². The number of hydrogen-bond acceptors (Lipinski definition) is 3. The first-order chi connectivity index (χ1) is 8.16. The summed E-state index contributed by atoms with van der Waals surface area (Å²) >= 11 is 0. The molecule has 0 radical (unpaired) electrons. The topological polar surface area (TPSA) is 58.5 Å². The molecular formula is C12H19N5. The summed E-state index contributed by atoms with van der Waals surface area (Å²) in [7, 11) is 1.94. The molecule has 2 aromatic rings. The summed E-state index contributed by atoms with van der Waals surface area (Å²) in [5.74, 6) is 0. The van der Waals surface area contributed by atoms with E-state index in [1.54, 1.807) is 0 Å². The minimum atomic E-state index is 0.869.